The first kappa shape index (κ1) is 22.6. The summed E-state index contributed by atoms with van der Waals surface area (Å²) in [6.07, 6.45) is 0. The lowest BCUT2D eigenvalue weighted by Gasteiger charge is -2.27. The van der Waals surface area contributed by atoms with Crippen LogP contribution in [0.1, 0.15) is 32.4 Å². The number of benzene rings is 3. The van der Waals surface area contributed by atoms with Gasteiger partial charge in [0.1, 0.15) is 12.4 Å². The van der Waals surface area contributed by atoms with Crippen LogP contribution in [0, 0.1) is 0 Å². The number of rotatable bonds is 8. The van der Waals surface area contributed by atoms with Gasteiger partial charge in [0.25, 0.3) is 5.91 Å². The summed E-state index contributed by atoms with van der Waals surface area (Å²) in [4.78, 5) is 28.5. The van der Waals surface area contributed by atoms with Crippen LogP contribution in [0.25, 0.3) is 0 Å². The molecule has 5 nitrogen and oxygen atoms in total. The van der Waals surface area contributed by atoms with Gasteiger partial charge < -0.3 is 14.7 Å². The number of hydrogen-bond acceptors (Lipinski definition) is 5. The van der Waals surface area contributed by atoms with E-state index in [0.29, 0.717) is 17.2 Å². The van der Waals surface area contributed by atoms with E-state index in [9.17, 15) is 14.7 Å². The van der Waals surface area contributed by atoms with Crippen LogP contribution in [0.4, 0.5) is 0 Å². The number of carbonyl (C=O) groups excluding carboxylic acids is 2. The van der Waals surface area contributed by atoms with Gasteiger partial charge >= 0.3 is 0 Å². The zero-order chi connectivity index (χ0) is 24.2. The molecule has 0 spiro atoms. The molecule has 6 heteroatoms. The Morgan fingerprint density at radius 1 is 0.857 bits per heavy atom. The molecule has 0 unspecified atom stereocenters. The summed E-state index contributed by atoms with van der Waals surface area (Å²) in [7, 11) is 0. The molecule has 1 aliphatic rings. The summed E-state index contributed by atoms with van der Waals surface area (Å²) in [6, 6.07) is 29.5. The molecule has 1 aromatic heterocycles. The first-order chi connectivity index (χ1) is 17.1. The third-order valence-corrected chi connectivity index (χ3v) is 6.80. The molecule has 3 aromatic carbocycles. The Labute approximate surface area is 207 Å². The fourth-order valence-electron chi connectivity index (χ4n) is 4.20. The normalized spacial score (nSPS) is 15.5. The number of ketones is 1. The fourth-order valence-corrected chi connectivity index (χ4v) is 4.88. The Kier molecular flexibility index (Phi) is 6.46. The molecule has 1 atom stereocenters. The van der Waals surface area contributed by atoms with Gasteiger partial charge in [0.2, 0.25) is 5.78 Å². The molecule has 0 bridgehead atoms. The number of aliphatic hydroxyl groups is 1. The number of thiophene rings is 1. The largest absolute Gasteiger partial charge is 0.503 e. The topological polar surface area (TPSA) is 66.8 Å². The maximum Gasteiger partial charge on any atom is 0.290 e. The van der Waals surface area contributed by atoms with E-state index in [1.807, 2.05) is 84.9 Å². The number of hydrogen-bond donors (Lipinski definition) is 1. The number of amides is 1. The highest BCUT2D eigenvalue weighted by atomic mass is 32.1. The van der Waals surface area contributed by atoms with Crippen molar-refractivity contribution in [2.45, 2.75) is 19.2 Å². The molecule has 1 aliphatic heterocycles. The van der Waals surface area contributed by atoms with E-state index in [1.54, 1.807) is 22.4 Å². The van der Waals surface area contributed by atoms with Gasteiger partial charge in [0.05, 0.1) is 16.5 Å². The van der Waals surface area contributed by atoms with E-state index >= 15 is 0 Å². The third kappa shape index (κ3) is 4.74. The SMILES string of the molecule is O=C(C1=C(O)C(=O)N(Cc2ccccc2)[C@H]1c1ccc(OCc2ccccc2)cc1)c1cccs1. The Morgan fingerprint density at radius 3 is 2.14 bits per heavy atom. The van der Waals surface area contributed by atoms with Crippen LogP contribution in [-0.4, -0.2) is 21.7 Å². The Bertz CT molecular complexity index is 1350. The van der Waals surface area contributed by atoms with Crippen molar-refractivity contribution >= 4 is 23.0 Å². The predicted molar refractivity (Wildman–Crippen MR) is 135 cm³/mol. The van der Waals surface area contributed by atoms with Crippen molar-refractivity contribution in [3.05, 3.63) is 135 Å². The molecular formula is C29H23NO4S. The van der Waals surface area contributed by atoms with Gasteiger partial charge in [0, 0.05) is 6.54 Å². The van der Waals surface area contributed by atoms with Crippen molar-refractivity contribution < 1.29 is 19.4 Å². The fraction of sp³-hybridized carbons (Fsp3) is 0.103. The second-order valence-electron chi connectivity index (χ2n) is 8.23. The molecule has 35 heavy (non-hydrogen) atoms. The monoisotopic (exact) mass is 481 g/mol. The average molecular weight is 482 g/mol. The average Bonchev–Trinajstić information content (AvgIpc) is 3.52. The predicted octanol–water partition coefficient (Wildman–Crippen LogP) is 6.11. The van der Waals surface area contributed by atoms with Gasteiger partial charge in [-0.15, -0.1) is 11.3 Å². The molecule has 0 saturated carbocycles. The highest BCUT2D eigenvalue weighted by Gasteiger charge is 2.43. The molecule has 0 fully saturated rings. The second kappa shape index (κ2) is 9.99. The van der Waals surface area contributed by atoms with Crippen molar-refractivity contribution in [1.82, 2.24) is 4.90 Å². The highest BCUT2D eigenvalue weighted by Crippen LogP contribution is 2.40. The third-order valence-electron chi connectivity index (χ3n) is 5.93. The zero-order valence-corrected chi connectivity index (χ0v) is 19.7. The van der Waals surface area contributed by atoms with Gasteiger partial charge in [-0.25, -0.2) is 0 Å². The minimum Gasteiger partial charge on any atom is -0.503 e. The minimum atomic E-state index is -0.708. The van der Waals surface area contributed by atoms with Crippen molar-refractivity contribution in [3.63, 3.8) is 0 Å². The van der Waals surface area contributed by atoms with Crippen LogP contribution in [0.2, 0.25) is 0 Å². The Hall–Kier alpha value is -4.16. The summed E-state index contributed by atoms with van der Waals surface area (Å²) < 4.78 is 5.90. The molecule has 4 aromatic rings. The van der Waals surface area contributed by atoms with Crippen LogP contribution >= 0.6 is 11.3 Å². The van der Waals surface area contributed by atoms with Crippen LogP contribution in [0.3, 0.4) is 0 Å². The number of ether oxygens (including phenoxy) is 1. The standard InChI is InChI=1S/C29H23NO4S/c31-27(24-12-7-17-35-24)25-26(30(29(33)28(25)32)18-20-8-3-1-4-9-20)22-13-15-23(16-14-22)34-19-21-10-5-2-6-11-21/h1-17,26,32H,18-19H2/t26-/m0/s1. The lowest BCUT2D eigenvalue weighted by Crippen LogP contribution is -2.30. The van der Waals surface area contributed by atoms with Crippen molar-refractivity contribution in [1.29, 1.82) is 0 Å². The van der Waals surface area contributed by atoms with Gasteiger partial charge in [0.15, 0.2) is 5.76 Å². The summed E-state index contributed by atoms with van der Waals surface area (Å²) >= 11 is 1.29. The summed E-state index contributed by atoms with van der Waals surface area (Å²) in [5.74, 6) is -0.705. The molecule has 0 radical (unpaired) electrons. The molecular weight excluding hydrogens is 458 g/mol. The molecule has 2 heterocycles. The Balaban J connectivity index is 1.46. The summed E-state index contributed by atoms with van der Waals surface area (Å²) in [5, 5.41) is 12.6. The molecule has 0 saturated heterocycles. The van der Waals surface area contributed by atoms with E-state index < -0.39 is 17.7 Å². The minimum absolute atomic E-state index is 0.103. The molecule has 5 rings (SSSR count). The summed E-state index contributed by atoms with van der Waals surface area (Å²) in [5.41, 5.74) is 2.80. The van der Waals surface area contributed by atoms with Crippen LogP contribution in [0.15, 0.2) is 114 Å². The second-order valence-corrected chi connectivity index (χ2v) is 9.18. The summed E-state index contributed by atoms with van der Waals surface area (Å²) in [6.45, 7) is 0.701. The van der Waals surface area contributed by atoms with Crippen molar-refractivity contribution in [3.8, 4) is 5.75 Å². The number of Topliss-reactive ketones (excluding diaryl/α,β-unsaturated/α-hetero) is 1. The number of nitrogens with zero attached hydrogens (tertiary/aromatic N) is 1. The lowest BCUT2D eigenvalue weighted by molar-refractivity contribution is -0.130. The highest BCUT2D eigenvalue weighted by molar-refractivity contribution is 7.12. The Morgan fingerprint density at radius 2 is 1.51 bits per heavy atom. The van der Waals surface area contributed by atoms with E-state index in [0.717, 1.165) is 16.7 Å². The van der Waals surface area contributed by atoms with E-state index in [1.165, 1.54) is 11.3 Å². The van der Waals surface area contributed by atoms with Crippen molar-refractivity contribution in [2.24, 2.45) is 0 Å². The van der Waals surface area contributed by atoms with E-state index in [2.05, 4.69) is 0 Å². The van der Waals surface area contributed by atoms with E-state index in [4.69, 9.17) is 4.74 Å². The smallest absolute Gasteiger partial charge is 0.290 e. The maximum atomic E-state index is 13.4. The maximum absolute atomic E-state index is 13.4. The van der Waals surface area contributed by atoms with Crippen LogP contribution in [-0.2, 0) is 17.9 Å². The zero-order valence-electron chi connectivity index (χ0n) is 18.8. The van der Waals surface area contributed by atoms with E-state index in [-0.39, 0.29) is 17.9 Å². The van der Waals surface area contributed by atoms with Gasteiger partial charge in [-0.2, -0.15) is 0 Å². The number of carbonyl (C=O) groups is 2. The molecule has 1 amide bonds. The van der Waals surface area contributed by atoms with Crippen LogP contribution in [0.5, 0.6) is 5.75 Å². The first-order valence-corrected chi connectivity index (χ1v) is 12.1. The quantitative estimate of drug-likeness (QED) is 0.309. The van der Waals surface area contributed by atoms with Gasteiger partial charge in [-0.05, 0) is 40.3 Å². The first-order valence-electron chi connectivity index (χ1n) is 11.2. The lowest BCUT2D eigenvalue weighted by atomic mass is 9.95. The van der Waals surface area contributed by atoms with Crippen molar-refractivity contribution in [2.75, 3.05) is 0 Å². The number of aliphatic hydroxyl groups excluding tert-OH is 1. The molecule has 0 aliphatic carbocycles. The van der Waals surface area contributed by atoms with Crippen LogP contribution < -0.4 is 4.74 Å². The van der Waals surface area contributed by atoms with Gasteiger partial charge in [-0.3, -0.25) is 9.59 Å². The molecule has 174 valence electrons. The van der Waals surface area contributed by atoms with Gasteiger partial charge in [-0.1, -0.05) is 78.9 Å². The molecule has 1 N–H and O–H groups in total.